The van der Waals surface area contributed by atoms with Crippen molar-refractivity contribution >= 4 is 11.8 Å². The van der Waals surface area contributed by atoms with Crippen LogP contribution in [0, 0.1) is 17.2 Å². The maximum Gasteiger partial charge on any atom is 0.240 e. The fraction of sp³-hybridized carbons (Fsp3) is 0.438. The zero-order valence-electron chi connectivity index (χ0n) is 11.9. The molecule has 0 aromatic heterocycles. The van der Waals surface area contributed by atoms with Gasteiger partial charge in [-0.05, 0) is 31.2 Å². The number of carbonyl (C=O) groups is 2. The van der Waals surface area contributed by atoms with Gasteiger partial charge in [-0.2, -0.15) is 5.26 Å². The average Bonchev–Trinajstić information content (AvgIpc) is 2.53. The number of rotatable bonds is 4. The first-order chi connectivity index (χ1) is 10.1. The van der Waals surface area contributed by atoms with Gasteiger partial charge in [-0.1, -0.05) is 30.3 Å². The maximum absolute atomic E-state index is 12.5. The predicted octanol–water partition coefficient (Wildman–Crippen LogP) is 1.24. The summed E-state index contributed by atoms with van der Waals surface area (Å²) >= 11 is 0. The summed E-state index contributed by atoms with van der Waals surface area (Å²) < 4.78 is 0. The number of carbonyl (C=O) groups excluding carboxylic acids is 2. The van der Waals surface area contributed by atoms with Crippen LogP contribution in [0.5, 0.6) is 0 Å². The van der Waals surface area contributed by atoms with Crippen molar-refractivity contribution in [2.45, 2.75) is 31.7 Å². The lowest BCUT2D eigenvalue weighted by Gasteiger charge is -2.34. The van der Waals surface area contributed by atoms with E-state index in [9.17, 15) is 14.9 Å². The molecule has 0 spiro atoms. The summed E-state index contributed by atoms with van der Waals surface area (Å²) in [6, 6.07) is 10.9. The molecular weight excluding hydrogens is 266 g/mol. The fourth-order valence-corrected chi connectivity index (χ4v) is 2.73. The molecule has 2 amide bonds. The smallest absolute Gasteiger partial charge is 0.240 e. The van der Waals surface area contributed by atoms with E-state index in [-0.39, 0.29) is 5.91 Å². The van der Waals surface area contributed by atoms with E-state index < -0.39 is 17.9 Å². The normalized spacial score (nSPS) is 19.6. The van der Waals surface area contributed by atoms with Crippen molar-refractivity contribution in [3.63, 3.8) is 0 Å². The second kappa shape index (κ2) is 6.89. The first-order valence-corrected chi connectivity index (χ1v) is 7.17. The quantitative estimate of drug-likeness (QED) is 0.902. The number of nitrogens with two attached hydrogens (primary N) is 1. The molecule has 5 heteroatoms. The van der Waals surface area contributed by atoms with E-state index in [1.807, 2.05) is 30.3 Å². The van der Waals surface area contributed by atoms with Crippen LogP contribution in [0.2, 0.25) is 0 Å². The third-order valence-corrected chi connectivity index (χ3v) is 3.85. The first kappa shape index (κ1) is 15.0. The van der Waals surface area contributed by atoms with Crippen LogP contribution in [0.3, 0.4) is 0 Å². The van der Waals surface area contributed by atoms with E-state index in [1.165, 1.54) is 4.90 Å². The molecule has 5 nitrogen and oxygen atoms in total. The van der Waals surface area contributed by atoms with Gasteiger partial charge in [0.25, 0.3) is 0 Å². The van der Waals surface area contributed by atoms with Crippen LogP contribution >= 0.6 is 0 Å². The Morgan fingerprint density at radius 2 is 2.05 bits per heavy atom. The van der Waals surface area contributed by atoms with Crippen molar-refractivity contribution in [1.82, 2.24) is 4.90 Å². The minimum Gasteiger partial charge on any atom is -0.368 e. The molecule has 1 aromatic carbocycles. The maximum atomic E-state index is 12.5. The molecule has 2 unspecified atom stereocenters. The van der Waals surface area contributed by atoms with Gasteiger partial charge in [-0.3, -0.25) is 9.59 Å². The molecule has 1 heterocycles. The van der Waals surface area contributed by atoms with Crippen LogP contribution in [0.4, 0.5) is 0 Å². The molecule has 0 aliphatic carbocycles. The van der Waals surface area contributed by atoms with Gasteiger partial charge < -0.3 is 10.6 Å². The lowest BCUT2D eigenvalue weighted by atomic mass is 9.95. The van der Waals surface area contributed by atoms with Gasteiger partial charge in [0, 0.05) is 6.54 Å². The number of nitriles is 1. The standard InChI is InChI=1S/C16H19N3O2/c17-11-13(10-12-6-2-1-3-7-12)16(21)19-9-5-4-8-14(19)15(18)20/h1-3,6-7,13-14H,4-5,8-10H2,(H2,18,20). The van der Waals surface area contributed by atoms with E-state index in [4.69, 9.17) is 5.73 Å². The number of hydrogen-bond donors (Lipinski definition) is 1. The fourth-order valence-electron chi connectivity index (χ4n) is 2.73. The van der Waals surface area contributed by atoms with E-state index in [2.05, 4.69) is 6.07 Å². The van der Waals surface area contributed by atoms with Crippen LogP contribution in [-0.4, -0.2) is 29.3 Å². The summed E-state index contributed by atoms with van der Waals surface area (Å²) in [5.41, 5.74) is 6.31. The summed E-state index contributed by atoms with van der Waals surface area (Å²) in [6.45, 7) is 0.499. The molecule has 0 radical (unpaired) electrons. The van der Waals surface area contributed by atoms with Gasteiger partial charge in [-0.25, -0.2) is 0 Å². The van der Waals surface area contributed by atoms with Crippen LogP contribution < -0.4 is 5.73 Å². The minimum atomic E-state index is -0.771. The van der Waals surface area contributed by atoms with Gasteiger partial charge >= 0.3 is 0 Å². The topological polar surface area (TPSA) is 87.2 Å². The molecule has 1 aliphatic heterocycles. The molecule has 1 aliphatic rings. The van der Waals surface area contributed by atoms with E-state index >= 15 is 0 Å². The van der Waals surface area contributed by atoms with Gasteiger partial charge in [0.15, 0.2) is 0 Å². The molecule has 2 N–H and O–H groups in total. The third kappa shape index (κ3) is 3.60. The SMILES string of the molecule is N#CC(Cc1ccccc1)C(=O)N1CCCCC1C(N)=O. The lowest BCUT2D eigenvalue weighted by molar-refractivity contribution is -0.143. The molecule has 1 aromatic rings. The second-order valence-electron chi connectivity index (χ2n) is 5.32. The van der Waals surface area contributed by atoms with Crippen molar-refractivity contribution < 1.29 is 9.59 Å². The van der Waals surface area contributed by atoms with Crippen LogP contribution in [0.1, 0.15) is 24.8 Å². The molecule has 21 heavy (non-hydrogen) atoms. The highest BCUT2D eigenvalue weighted by atomic mass is 16.2. The van der Waals surface area contributed by atoms with Crippen molar-refractivity contribution in [3.05, 3.63) is 35.9 Å². The highest BCUT2D eigenvalue weighted by molar-refractivity contribution is 5.89. The molecule has 2 rings (SSSR count). The third-order valence-electron chi connectivity index (χ3n) is 3.85. The van der Waals surface area contributed by atoms with Gasteiger partial charge in [-0.15, -0.1) is 0 Å². The van der Waals surface area contributed by atoms with Gasteiger partial charge in [0.2, 0.25) is 11.8 Å². The highest BCUT2D eigenvalue weighted by Crippen LogP contribution is 2.20. The Bertz CT molecular complexity index is 550. The van der Waals surface area contributed by atoms with Crippen LogP contribution in [0.15, 0.2) is 30.3 Å². The molecule has 1 fully saturated rings. The van der Waals surface area contributed by atoms with E-state index in [0.717, 1.165) is 18.4 Å². The molecule has 0 bridgehead atoms. The zero-order valence-corrected chi connectivity index (χ0v) is 11.9. The molecule has 1 saturated heterocycles. The Hall–Kier alpha value is -2.35. The Labute approximate surface area is 124 Å². The number of amides is 2. The number of nitrogens with zero attached hydrogens (tertiary/aromatic N) is 2. The van der Waals surface area contributed by atoms with E-state index in [0.29, 0.717) is 19.4 Å². The van der Waals surface area contributed by atoms with Crippen molar-refractivity contribution in [2.75, 3.05) is 6.54 Å². The molecular formula is C16H19N3O2. The summed E-state index contributed by atoms with van der Waals surface area (Å²) in [5.74, 6) is -1.54. The predicted molar refractivity (Wildman–Crippen MR) is 77.8 cm³/mol. The summed E-state index contributed by atoms with van der Waals surface area (Å²) in [4.78, 5) is 25.5. The monoisotopic (exact) mass is 285 g/mol. The van der Waals surface area contributed by atoms with Crippen LogP contribution in [-0.2, 0) is 16.0 Å². The molecule has 110 valence electrons. The number of piperidine rings is 1. The zero-order chi connectivity index (χ0) is 15.2. The van der Waals surface area contributed by atoms with Gasteiger partial charge in [0.1, 0.15) is 12.0 Å². The van der Waals surface area contributed by atoms with Crippen molar-refractivity contribution in [2.24, 2.45) is 11.7 Å². The Kier molecular flexibility index (Phi) is 4.94. The van der Waals surface area contributed by atoms with Crippen molar-refractivity contribution in [1.29, 1.82) is 5.26 Å². The summed E-state index contributed by atoms with van der Waals surface area (Å²) in [7, 11) is 0. The number of likely N-dealkylation sites (tertiary alicyclic amines) is 1. The number of primary amides is 1. The van der Waals surface area contributed by atoms with Crippen molar-refractivity contribution in [3.8, 4) is 6.07 Å². The molecule has 2 atom stereocenters. The average molecular weight is 285 g/mol. The lowest BCUT2D eigenvalue weighted by Crippen LogP contribution is -2.52. The number of benzene rings is 1. The summed E-state index contributed by atoms with van der Waals surface area (Å²) in [5, 5.41) is 9.30. The first-order valence-electron chi connectivity index (χ1n) is 7.17. The summed E-state index contributed by atoms with van der Waals surface area (Å²) in [6.07, 6.45) is 2.68. The Morgan fingerprint density at radius 1 is 1.33 bits per heavy atom. The van der Waals surface area contributed by atoms with Gasteiger partial charge in [0.05, 0.1) is 6.07 Å². The largest absolute Gasteiger partial charge is 0.368 e. The van der Waals surface area contributed by atoms with Crippen LogP contribution in [0.25, 0.3) is 0 Å². The highest BCUT2D eigenvalue weighted by Gasteiger charge is 2.34. The Balaban J connectivity index is 2.12. The molecule has 0 saturated carbocycles. The number of hydrogen-bond acceptors (Lipinski definition) is 3. The second-order valence-corrected chi connectivity index (χ2v) is 5.32. The minimum absolute atomic E-state index is 0.287. The Morgan fingerprint density at radius 3 is 2.67 bits per heavy atom. The van der Waals surface area contributed by atoms with E-state index in [1.54, 1.807) is 0 Å².